The normalized spacial score (nSPS) is 19.0. The van der Waals surface area contributed by atoms with Crippen LogP contribution in [0.15, 0.2) is 24.3 Å². The first-order valence-corrected chi connectivity index (χ1v) is 5.30. The summed E-state index contributed by atoms with van der Waals surface area (Å²) in [5, 5.41) is 0. The molecule has 0 saturated carbocycles. The Morgan fingerprint density at radius 2 is 2.07 bits per heavy atom. The average Bonchev–Trinajstić information content (AvgIpc) is 2.17. The van der Waals surface area contributed by atoms with Gasteiger partial charge in [-0.25, -0.2) is 0 Å². The predicted octanol–water partition coefficient (Wildman–Crippen LogP) is 1.39. The van der Waals surface area contributed by atoms with Crippen LogP contribution in [0.2, 0.25) is 0 Å². The summed E-state index contributed by atoms with van der Waals surface area (Å²) in [4.78, 5) is 2.44. The largest absolute Gasteiger partial charge is 0.327 e. The zero-order chi connectivity index (χ0) is 9.97. The zero-order valence-electron chi connectivity index (χ0n) is 8.74. The topological polar surface area (TPSA) is 29.3 Å². The number of hydrogen-bond acceptors (Lipinski definition) is 2. The number of hydrogen-bond donors (Lipinski definition) is 1. The molecule has 2 heteroatoms. The third-order valence-corrected chi connectivity index (χ3v) is 2.76. The highest BCUT2D eigenvalue weighted by atomic mass is 15.1. The monoisotopic (exact) mass is 190 g/mol. The summed E-state index contributed by atoms with van der Waals surface area (Å²) in [5.74, 6) is 0. The Morgan fingerprint density at radius 3 is 2.79 bits per heavy atom. The second kappa shape index (κ2) is 4.11. The van der Waals surface area contributed by atoms with Gasteiger partial charge in [0.2, 0.25) is 0 Å². The van der Waals surface area contributed by atoms with E-state index in [1.165, 1.54) is 17.5 Å². The van der Waals surface area contributed by atoms with E-state index in [9.17, 15) is 0 Å². The highest BCUT2D eigenvalue weighted by molar-refractivity contribution is 5.29. The minimum atomic E-state index is 0.278. The lowest BCUT2D eigenvalue weighted by Crippen LogP contribution is -2.38. The summed E-state index contributed by atoms with van der Waals surface area (Å²) in [5.41, 5.74) is 8.78. The summed E-state index contributed by atoms with van der Waals surface area (Å²) < 4.78 is 0. The van der Waals surface area contributed by atoms with Crippen LogP contribution in [0.1, 0.15) is 18.1 Å². The van der Waals surface area contributed by atoms with E-state index >= 15 is 0 Å². The molecule has 0 saturated heterocycles. The summed E-state index contributed by atoms with van der Waals surface area (Å²) >= 11 is 0. The van der Waals surface area contributed by atoms with E-state index in [1.54, 1.807) is 0 Å². The molecule has 0 unspecified atom stereocenters. The highest BCUT2D eigenvalue weighted by Gasteiger charge is 2.15. The van der Waals surface area contributed by atoms with Crippen LogP contribution in [-0.4, -0.2) is 24.0 Å². The van der Waals surface area contributed by atoms with Crippen molar-refractivity contribution in [3.63, 3.8) is 0 Å². The second-order valence-corrected chi connectivity index (χ2v) is 4.23. The molecular weight excluding hydrogens is 172 g/mol. The third kappa shape index (κ3) is 2.14. The van der Waals surface area contributed by atoms with Crippen LogP contribution in [0.25, 0.3) is 0 Å². The van der Waals surface area contributed by atoms with Crippen molar-refractivity contribution >= 4 is 0 Å². The van der Waals surface area contributed by atoms with Gasteiger partial charge in [-0.05, 0) is 24.5 Å². The summed E-state index contributed by atoms with van der Waals surface area (Å²) in [6.07, 6.45) is 1.17. The summed E-state index contributed by atoms with van der Waals surface area (Å²) in [6.45, 7) is 5.30. The van der Waals surface area contributed by atoms with Crippen molar-refractivity contribution in [2.24, 2.45) is 5.73 Å². The van der Waals surface area contributed by atoms with Crippen LogP contribution in [0, 0.1) is 0 Å². The van der Waals surface area contributed by atoms with E-state index in [4.69, 9.17) is 5.73 Å². The fourth-order valence-corrected chi connectivity index (χ4v) is 2.12. The van der Waals surface area contributed by atoms with Crippen LogP contribution in [0.5, 0.6) is 0 Å². The molecule has 1 heterocycles. The molecule has 0 radical (unpaired) electrons. The SMILES string of the molecule is C[C@@H](N)CN1CCc2ccccc2C1. The number of rotatable bonds is 2. The minimum Gasteiger partial charge on any atom is -0.327 e. The molecular formula is C12H18N2. The van der Waals surface area contributed by atoms with Crippen molar-refractivity contribution in [3.05, 3.63) is 35.4 Å². The van der Waals surface area contributed by atoms with E-state index in [0.29, 0.717) is 0 Å². The van der Waals surface area contributed by atoms with Gasteiger partial charge in [-0.1, -0.05) is 24.3 Å². The standard InChI is InChI=1S/C12H18N2/c1-10(13)8-14-7-6-11-4-2-3-5-12(11)9-14/h2-5,10H,6-9,13H2,1H3/t10-/m1/s1. The van der Waals surface area contributed by atoms with Crippen molar-refractivity contribution < 1.29 is 0 Å². The Bertz CT molecular complexity index is 307. The molecule has 1 aliphatic heterocycles. The third-order valence-electron chi connectivity index (χ3n) is 2.76. The molecule has 1 aliphatic rings. The quantitative estimate of drug-likeness (QED) is 0.763. The van der Waals surface area contributed by atoms with Crippen molar-refractivity contribution in [3.8, 4) is 0 Å². The van der Waals surface area contributed by atoms with Gasteiger partial charge < -0.3 is 5.73 Å². The van der Waals surface area contributed by atoms with Gasteiger partial charge in [-0.2, -0.15) is 0 Å². The predicted molar refractivity (Wildman–Crippen MR) is 59.1 cm³/mol. The Balaban J connectivity index is 2.06. The first-order valence-electron chi connectivity index (χ1n) is 5.30. The summed E-state index contributed by atoms with van der Waals surface area (Å²) in [7, 11) is 0. The van der Waals surface area contributed by atoms with Crippen LogP contribution >= 0.6 is 0 Å². The Morgan fingerprint density at radius 1 is 1.36 bits per heavy atom. The molecule has 2 N–H and O–H groups in total. The van der Waals surface area contributed by atoms with Gasteiger partial charge in [0.25, 0.3) is 0 Å². The molecule has 0 bridgehead atoms. The van der Waals surface area contributed by atoms with E-state index in [-0.39, 0.29) is 6.04 Å². The molecule has 0 aromatic heterocycles. The average molecular weight is 190 g/mol. The molecule has 0 aliphatic carbocycles. The minimum absolute atomic E-state index is 0.278. The van der Waals surface area contributed by atoms with Gasteiger partial charge >= 0.3 is 0 Å². The molecule has 0 amide bonds. The molecule has 1 aromatic carbocycles. The molecule has 2 nitrogen and oxygen atoms in total. The van der Waals surface area contributed by atoms with E-state index in [1.807, 2.05) is 0 Å². The number of nitrogens with zero attached hydrogens (tertiary/aromatic N) is 1. The maximum absolute atomic E-state index is 5.80. The zero-order valence-corrected chi connectivity index (χ0v) is 8.74. The van der Waals surface area contributed by atoms with Crippen LogP contribution in [0.4, 0.5) is 0 Å². The highest BCUT2D eigenvalue weighted by Crippen LogP contribution is 2.17. The molecule has 1 atom stereocenters. The summed E-state index contributed by atoms with van der Waals surface area (Å²) in [6, 6.07) is 8.98. The molecule has 76 valence electrons. The van der Waals surface area contributed by atoms with Gasteiger partial charge in [-0.3, -0.25) is 4.90 Å². The van der Waals surface area contributed by atoms with E-state index < -0.39 is 0 Å². The maximum atomic E-state index is 5.80. The number of benzene rings is 1. The van der Waals surface area contributed by atoms with Gasteiger partial charge in [0.05, 0.1) is 0 Å². The number of fused-ring (bicyclic) bond motifs is 1. The molecule has 0 spiro atoms. The van der Waals surface area contributed by atoms with Crippen LogP contribution in [0.3, 0.4) is 0 Å². The Kier molecular flexibility index (Phi) is 2.85. The fourth-order valence-electron chi connectivity index (χ4n) is 2.12. The molecule has 0 fully saturated rings. The lowest BCUT2D eigenvalue weighted by Gasteiger charge is -2.29. The van der Waals surface area contributed by atoms with E-state index in [2.05, 4.69) is 36.1 Å². The maximum Gasteiger partial charge on any atom is 0.0237 e. The Hall–Kier alpha value is -0.860. The van der Waals surface area contributed by atoms with Crippen molar-refractivity contribution in [1.82, 2.24) is 4.90 Å². The smallest absolute Gasteiger partial charge is 0.0237 e. The molecule has 2 rings (SSSR count). The van der Waals surface area contributed by atoms with Gasteiger partial charge in [0.1, 0.15) is 0 Å². The van der Waals surface area contributed by atoms with Crippen LogP contribution < -0.4 is 5.73 Å². The van der Waals surface area contributed by atoms with Crippen molar-refractivity contribution in [2.45, 2.75) is 25.9 Å². The first-order chi connectivity index (χ1) is 6.75. The van der Waals surface area contributed by atoms with E-state index in [0.717, 1.165) is 19.6 Å². The number of nitrogens with two attached hydrogens (primary N) is 1. The Labute approximate surface area is 85.7 Å². The van der Waals surface area contributed by atoms with Crippen molar-refractivity contribution in [2.75, 3.05) is 13.1 Å². The van der Waals surface area contributed by atoms with Crippen molar-refractivity contribution in [1.29, 1.82) is 0 Å². The van der Waals surface area contributed by atoms with Crippen LogP contribution in [-0.2, 0) is 13.0 Å². The molecule has 14 heavy (non-hydrogen) atoms. The van der Waals surface area contributed by atoms with Gasteiger partial charge in [0, 0.05) is 25.7 Å². The fraction of sp³-hybridized carbons (Fsp3) is 0.500. The second-order valence-electron chi connectivity index (χ2n) is 4.23. The van der Waals surface area contributed by atoms with Gasteiger partial charge in [-0.15, -0.1) is 0 Å². The lowest BCUT2D eigenvalue weighted by atomic mass is 10.00. The van der Waals surface area contributed by atoms with Gasteiger partial charge in [0.15, 0.2) is 0 Å². The lowest BCUT2D eigenvalue weighted by molar-refractivity contribution is 0.242. The molecule has 1 aromatic rings. The first kappa shape index (κ1) is 9.69.